The van der Waals surface area contributed by atoms with E-state index in [2.05, 4.69) is 4.99 Å². The van der Waals surface area contributed by atoms with E-state index in [9.17, 15) is 13.2 Å². The highest BCUT2D eigenvalue weighted by Gasteiger charge is 2.34. The number of amides is 1. The third-order valence-electron chi connectivity index (χ3n) is 4.53. The first kappa shape index (κ1) is 20.9. The summed E-state index contributed by atoms with van der Waals surface area (Å²) < 4.78 is 28.4. The van der Waals surface area contributed by atoms with E-state index < -0.39 is 22.0 Å². The van der Waals surface area contributed by atoms with Gasteiger partial charge < -0.3 is 4.57 Å². The number of fused-ring (bicyclic) bond motifs is 1. The van der Waals surface area contributed by atoms with Gasteiger partial charge >= 0.3 is 0 Å². The smallest absolute Gasteiger partial charge is 0.266 e. The number of aromatic nitrogens is 1. The fourth-order valence-electron chi connectivity index (χ4n) is 3.25. The number of aryl methyl sites for hydroxylation is 1. The second kappa shape index (κ2) is 8.65. The van der Waals surface area contributed by atoms with Crippen LogP contribution in [0.5, 0.6) is 0 Å². The maximum absolute atomic E-state index is 12.9. The minimum absolute atomic E-state index is 0.374. The van der Waals surface area contributed by atoms with Gasteiger partial charge in [0.1, 0.15) is 6.04 Å². The third-order valence-corrected chi connectivity index (χ3v) is 7.69. The molecule has 6 nitrogen and oxygen atoms in total. The zero-order valence-corrected chi connectivity index (χ0v) is 18.4. The summed E-state index contributed by atoms with van der Waals surface area (Å²) in [6.07, 6.45) is 5.29. The largest absolute Gasteiger partial charge is 0.316 e. The molecule has 0 spiro atoms. The van der Waals surface area contributed by atoms with Crippen LogP contribution >= 0.6 is 34.7 Å². The van der Waals surface area contributed by atoms with Crippen molar-refractivity contribution >= 4 is 60.8 Å². The van der Waals surface area contributed by atoms with E-state index in [4.69, 9.17) is 11.6 Å². The number of thioether (sulfide) groups is 1. The molecule has 1 aromatic heterocycles. The molecular weight excluding hydrogens is 426 g/mol. The van der Waals surface area contributed by atoms with Crippen LogP contribution in [-0.2, 0) is 21.4 Å². The average Bonchev–Trinajstić information content (AvgIpc) is 2.95. The monoisotopic (exact) mass is 447 g/mol. The van der Waals surface area contributed by atoms with E-state index in [-0.39, 0.29) is 0 Å². The fraction of sp³-hybridized carbons (Fsp3) is 0.529. The van der Waals surface area contributed by atoms with E-state index in [1.54, 1.807) is 11.8 Å². The van der Waals surface area contributed by atoms with E-state index in [1.165, 1.54) is 15.6 Å². The molecule has 2 heterocycles. The molecule has 0 radical (unpaired) electrons. The van der Waals surface area contributed by atoms with E-state index in [1.807, 2.05) is 29.0 Å². The van der Waals surface area contributed by atoms with Crippen molar-refractivity contribution in [1.29, 1.82) is 0 Å². The standard InChI is InChI=1S/C17H22ClN3O3S3/c1-25-10-9-20-13-7-6-12(18)11-15(13)26-17(20)19-16(22)14-5-3-4-8-21(14)27(2,23)24/h6-7,11,14H,3-5,8-10H2,1-2H3. The highest BCUT2D eigenvalue weighted by molar-refractivity contribution is 7.98. The number of thiazole rings is 1. The van der Waals surface area contributed by atoms with Gasteiger partial charge in [0.05, 0.1) is 16.5 Å². The zero-order chi connectivity index (χ0) is 19.6. The summed E-state index contributed by atoms with van der Waals surface area (Å²) in [7, 11) is -3.44. The van der Waals surface area contributed by atoms with Crippen LogP contribution in [0.2, 0.25) is 5.02 Å². The summed E-state index contributed by atoms with van der Waals surface area (Å²) in [5, 5.41) is 0.633. The Morgan fingerprint density at radius 3 is 2.89 bits per heavy atom. The van der Waals surface area contributed by atoms with Gasteiger partial charge in [0.25, 0.3) is 5.91 Å². The summed E-state index contributed by atoms with van der Waals surface area (Å²) in [6.45, 7) is 1.09. The molecule has 148 valence electrons. The fourth-order valence-corrected chi connectivity index (χ4v) is 6.07. The molecule has 1 aromatic carbocycles. The Morgan fingerprint density at radius 1 is 1.41 bits per heavy atom. The van der Waals surface area contributed by atoms with Gasteiger partial charge in [-0.1, -0.05) is 29.4 Å². The van der Waals surface area contributed by atoms with Crippen LogP contribution in [0.15, 0.2) is 23.2 Å². The minimum atomic E-state index is -3.44. The number of rotatable bonds is 5. The number of hydrogen-bond donors (Lipinski definition) is 0. The van der Waals surface area contributed by atoms with Crippen molar-refractivity contribution < 1.29 is 13.2 Å². The Bertz CT molecular complexity index is 1010. The SMILES string of the molecule is CSCCn1c(=NC(=O)C2CCCCN2S(C)(=O)=O)sc2cc(Cl)ccc21. The van der Waals surface area contributed by atoms with E-state index in [0.29, 0.717) is 22.8 Å². The highest BCUT2D eigenvalue weighted by atomic mass is 35.5. The van der Waals surface area contributed by atoms with Gasteiger partial charge in [0, 0.05) is 23.9 Å². The van der Waals surface area contributed by atoms with E-state index >= 15 is 0 Å². The lowest BCUT2D eigenvalue weighted by atomic mass is 10.0. The number of benzene rings is 1. The second-order valence-electron chi connectivity index (χ2n) is 6.48. The molecule has 1 aliphatic heterocycles. The van der Waals surface area contributed by atoms with Gasteiger partial charge in [-0.25, -0.2) is 8.42 Å². The maximum Gasteiger partial charge on any atom is 0.266 e. The van der Waals surface area contributed by atoms with Gasteiger partial charge in [-0.15, -0.1) is 0 Å². The second-order valence-corrected chi connectivity index (χ2v) is 10.8. The van der Waals surface area contributed by atoms with Crippen molar-refractivity contribution in [2.45, 2.75) is 31.8 Å². The summed E-state index contributed by atoms with van der Waals surface area (Å²) in [4.78, 5) is 17.8. The summed E-state index contributed by atoms with van der Waals surface area (Å²) >= 11 is 9.22. The van der Waals surface area contributed by atoms with Crippen LogP contribution in [-0.4, -0.2) is 54.0 Å². The van der Waals surface area contributed by atoms with Crippen molar-refractivity contribution in [2.75, 3.05) is 24.8 Å². The number of sulfonamides is 1. The summed E-state index contributed by atoms with van der Waals surface area (Å²) in [5.41, 5.74) is 0.980. The Kier molecular flexibility index (Phi) is 6.68. The number of carbonyl (C=O) groups excluding carboxylic acids is 1. The van der Waals surface area contributed by atoms with Gasteiger partial charge in [-0.3, -0.25) is 4.79 Å². The van der Waals surface area contributed by atoms with Crippen LogP contribution in [0.25, 0.3) is 10.2 Å². The topological polar surface area (TPSA) is 71.7 Å². The minimum Gasteiger partial charge on any atom is -0.316 e. The molecule has 2 aromatic rings. The molecule has 27 heavy (non-hydrogen) atoms. The van der Waals surface area contributed by atoms with Gasteiger partial charge in [0.15, 0.2) is 4.80 Å². The van der Waals surface area contributed by atoms with Gasteiger partial charge in [0.2, 0.25) is 10.0 Å². The quantitative estimate of drug-likeness (QED) is 0.706. The Balaban J connectivity index is 2.04. The predicted octanol–water partition coefficient (Wildman–Crippen LogP) is 2.96. The molecule has 1 saturated heterocycles. The Labute approximate surface area is 172 Å². The number of hydrogen-bond acceptors (Lipinski definition) is 5. The molecule has 1 amide bonds. The molecule has 0 bridgehead atoms. The number of carbonyl (C=O) groups is 1. The van der Waals surface area contributed by atoms with Crippen molar-refractivity contribution in [3.8, 4) is 0 Å². The van der Waals surface area contributed by atoms with E-state index in [0.717, 1.165) is 41.6 Å². The molecule has 1 fully saturated rings. The molecule has 1 unspecified atom stereocenters. The molecule has 10 heteroatoms. The third kappa shape index (κ3) is 4.76. The van der Waals surface area contributed by atoms with Crippen molar-refractivity contribution in [1.82, 2.24) is 8.87 Å². The Hall–Kier alpha value is -0.870. The lowest BCUT2D eigenvalue weighted by Gasteiger charge is -2.31. The zero-order valence-electron chi connectivity index (χ0n) is 15.2. The number of piperidine rings is 1. The van der Waals surface area contributed by atoms with Gasteiger partial charge in [-0.05, 0) is 37.3 Å². The van der Waals surface area contributed by atoms with Crippen LogP contribution in [0, 0.1) is 0 Å². The molecule has 1 aliphatic rings. The van der Waals surface area contributed by atoms with Crippen LogP contribution in [0.1, 0.15) is 19.3 Å². The van der Waals surface area contributed by atoms with Crippen LogP contribution in [0.3, 0.4) is 0 Å². The Morgan fingerprint density at radius 2 is 2.19 bits per heavy atom. The lowest BCUT2D eigenvalue weighted by molar-refractivity contribution is -0.122. The molecular formula is C17H22ClN3O3S3. The molecule has 3 rings (SSSR count). The molecule has 1 atom stereocenters. The van der Waals surface area contributed by atoms with Crippen LogP contribution < -0.4 is 4.80 Å². The lowest BCUT2D eigenvalue weighted by Crippen LogP contribution is -2.47. The first-order chi connectivity index (χ1) is 12.8. The first-order valence-corrected chi connectivity index (χ1v) is 13.1. The average molecular weight is 448 g/mol. The van der Waals surface area contributed by atoms with Gasteiger partial charge in [-0.2, -0.15) is 21.1 Å². The molecule has 0 aliphatic carbocycles. The first-order valence-electron chi connectivity index (χ1n) is 8.64. The van der Waals surface area contributed by atoms with Crippen molar-refractivity contribution in [2.24, 2.45) is 4.99 Å². The number of halogens is 1. The molecule has 0 saturated carbocycles. The van der Waals surface area contributed by atoms with Crippen LogP contribution in [0.4, 0.5) is 0 Å². The molecule has 0 N–H and O–H groups in total. The summed E-state index contributed by atoms with van der Waals surface area (Å²) in [5.74, 6) is 0.491. The maximum atomic E-state index is 12.9. The highest BCUT2D eigenvalue weighted by Crippen LogP contribution is 2.23. The normalized spacial score (nSPS) is 19.7. The van der Waals surface area contributed by atoms with Crippen molar-refractivity contribution in [3.63, 3.8) is 0 Å². The number of nitrogens with zero attached hydrogens (tertiary/aromatic N) is 3. The summed E-state index contributed by atoms with van der Waals surface area (Å²) in [6, 6.07) is 4.91. The van der Waals surface area contributed by atoms with Crippen molar-refractivity contribution in [3.05, 3.63) is 28.0 Å². The predicted molar refractivity (Wildman–Crippen MR) is 113 cm³/mol.